The van der Waals surface area contributed by atoms with Crippen molar-refractivity contribution in [3.05, 3.63) is 75.1 Å². The van der Waals surface area contributed by atoms with E-state index in [1.807, 2.05) is 25.1 Å². The molecule has 32 heavy (non-hydrogen) atoms. The number of nitrogens with two attached hydrogens (primary N) is 1. The highest BCUT2D eigenvalue weighted by atomic mass is 35.5. The fraction of sp³-hybridized carbons (Fsp3) is 0.385. The molecule has 6 heteroatoms. The number of nitrogens with one attached hydrogen (secondary N) is 1. The third kappa shape index (κ3) is 7.21. The molecule has 0 unspecified atom stereocenters. The van der Waals surface area contributed by atoms with Crippen molar-refractivity contribution in [2.45, 2.75) is 52.9 Å². The molecule has 0 bridgehead atoms. The van der Waals surface area contributed by atoms with E-state index in [2.05, 4.69) is 42.4 Å². The minimum atomic E-state index is -0.251. The number of hydrogen-bond donors (Lipinski definition) is 2. The van der Waals surface area contributed by atoms with Crippen molar-refractivity contribution >= 4 is 23.7 Å². The molecule has 0 saturated carbocycles. The molecule has 0 atom stereocenters. The molecule has 0 fully saturated rings. The van der Waals surface area contributed by atoms with Crippen LogP contribution in [0.3, 0.4) is 0 Å². The van der Waals surface area contributed by atoms with Crippen LogP contribution in [-0.4, -0.2) is 25.8 Å². The summed E-state index contributed by atoms with van der Waals surface area (Å²) in [5.41, 5.74) is 11.3. The van der Waals surface area contributed by atoms with Crippen LogP contribution in [0.15, 0.2) is 64.0 Å². The molecule has 3 N–H and O–H groups in total. The molecule has 0 saturated heterocycles. The standard InChI is InChI=1S/C26H34ClN3O2/c1-5-8-9-25(30-26(31)16-28)29-17-20(7-3)21-11-10-18(12-21)13-23-19(6-2)14-22(32-4)15-24(23)27/h7,9-11,14-15,17H,5-6,8,12-13,16,28H2,1-4H3,(H,30,31)/b20-7+,25-9-,29-17-. The lowest BCUT2D eigenvalue weighted by atomic mass is 9.95. The number of halogens is 1. The predicted octanol–water partition coefficient (Wildman–Crippen LogP) is 5.44. The number of carbonyl (C=O) groups is 1. The van der Waals surface area contributed by atoms with Gasteiger partial charge in [0.15, 0.2) is 0 Å². The first-order valence-electron chi connectivity index (χ1n) is 11.1. The molecule has 172 valence electrons. The van der Waals surface area contributed by atoms with E-state index in [4.69, 9.17) is 22.1 Å². The van der Waals surface area contributed by atoms with Crippen molar-refractivity contribution in [1.29, 1.82) is 0 Å². The van der Waals surface area contributed by atoms with Gasteiger partial charge in [0, 0.05) is 11.2 Å². The number of hydrogen-bond acceptors (Lipinski definition) is 4. The quantitative estimate of drug-likeness (QED) is 0.436. The number of ether oxygens (including phenoxy) is 1. The Morgan fingerprint density at radius 1 is 1.31 bits per heavy atom. The number of aryl methyl sites for hydroxylation is 1. The van der Waals surface area contributed by atoms with Crippen LogP contribution in [0, 0.1) is 0 Å². The fourth-order valence-corrected chi connectivity index (χ4v) is 3.81. The molecule has 1 amide bonds. The van der Waals surface area contributed by atoms with Crippen LogP contribution in [0.2, 0.25) is 5.02 Å². The zero-order valence-corrected chi connectivity index (χ0v) is 20.3. The zero-order chi connectivity index (χ0) is 23.5. The fourth-order valence-electron chi connectivity index (χ4n) is 3.52. The van der Waals surface area contributed by atoms with Crippen LogP contribution < -0.4 is 15.8 Å². The van der Waals surface area contributed by atoms with Crippen LogP contribution >= 0.6 is 11.6 Å². The highest BCUT2D eigenvalue weighted by molar-refractivity contribution is 6.31. The summed E-state index contributed by atoms with van der Waals surface area (Å²) in [4.78, 5) is 16.2. The van der Waals surface area contributed by atoms with Crippen LogP contribution in [0.1, 0.15) is 51.2 Å². The van der Waals surface area contributed by atoms with E-state index in [1.54, 1.807) is 13.3 Å². The number of carbonyl (C=O) groups excluding carboxylic acids is 1. The summed E-state index contributed by atoms with van der Waals surface area (Å²) in [7, 11) is 1.66. The molecule has 5 nitrogen and oxygen atoms in total. The normalized spacial score (nSPS) is 14.6. The number of rotatable bonds is 11. The zero-order valence-electron chi connectivity index (χ0n) is 19.5. The van der Waals surface area contributed by atoms with E-state index < -0.39 is 0 Å². The lowest BCUT2D eigenvalue weighted by molar-refractivity contribution is -0.119. The van der Waals surface area contributed by atoms with Crippen molar-refractivity contribution in [1.82, 2.24) is 5.32 Å². The lowest BCUT2D eigenvalue weighted by Gasteiger charge is -2.14. The summed E-state index contributed by atoms with van der Waals surface area (Å²) < 4.78 is 5.36. The van der Waals surface area contributed by atoms with Crippen LogP contribution in [0.4, 0.5) is 0 Å². The summed E-state index contributed by atoms with van der Waals surface area (Å²) >= 11 is 6.57. The number of unbranched alkanes of at least 4 members (excludes halogenated alkanes) is 1. The number of aliphatic imine (C=N–C) groups is 1. The molecule has 1 aliphatic carbocycles. The average Bonchev–Trinajstić information content (AvgIpc) is 3.26. The summed E-state index contributed by atoms with van der Waals surface area (Å²) in [6.45, 7) is 6.13. The Morgan fingerprint density at radius 3 is 2.72 bits per heavy atom. The van der Waals surface area contributed by atoms with Gasteiger partial charge >= 0.3 is 0 Å². The lowest BCUT2D eigenvalue weighted by Crippen LogP contribution is -2.29. The minimum absolute atomic E-state index is 0.0679. The second kappa shape index (κ2) is 13.0. The number of methoxy groups -OCH3 is 1. The molecule has 2 rings (SSSR count). The minimum Gasteiger partial charge on any atom is -0.497 e. The van der Waals surface area contributed by atoms with Crippen LogP contribution in [-0.2, 0) is 17.6 Å². The maximum absolute atomic E-state index is 11.7. The van der Waals surface area contributed by atoms with E-state index in [0.29, 0.717) is 5.82 Å². The predicted molar refractivity (Wildman–Crippen MR) is 134 cm³/mol. The van der Waals surface area contributed by atoms with Gasteiger partial charge in [-0.25, -0.2) is 4.99 Å². The summed E-state index contributed by atoms with van der Waals surface area (Å²) in [6, 6.07) is 3.94. The number of allylic oxidation sites excluding steroid dienone is 7. The molecule has 0 aliphatic heterocycles. The maximum atomic E-state index is 11.7. The van der Waals surface area contributed by atoms with E-state index in [9.17, 15) is 4.79 Å². The highest BCUT2D eigenvalue weighted by Gasteiger charge is 2.16. The Kier molecular flexibility index (Phi) is 10.4. The Morgan fingerprint density at radius 2 is 2.09 bits per heavy atom. The third-order valence-electron chi connectivity index (χ3n) is 5.32. The van der Waals surface area contributed by atoms with Crippen molar-refractivity contribution in [2.75, 3.05) is 13.7 Å². The van der Waals surface area contributed by atoms with E-state index in [-0.39, 0.29) is 12.5 Å². The molecular weight excluding hydrogens is 422 g/mol. The van der Waals surface area contributed by atoms with Gasteiger partial charge in [-0.2, -0.15) is 0 Å². The topological polar surface area (TPSA) is 76.7 Å². The molecule has 1 aliphatic rings. The Balaban J connectivity index is 2.10. The largest absolute Gasteiger partial charge is 0.497 e. The molecular formula is C26H34ClN3O2. The Bertz CT molecular complexity index is 972. The summed E-state index contributed by atoms with van der Waals surface area (Å²) in [5.74, 6) is 1.07. The molecule has 0 aromatic heterocycles. The van der Waals surface area contributed by atoms with Crippen molar-refractivity contribution in [3.8, 4) is 5.75 Å². The van der Waals surface area contributed by atoms with Crippen molar-refractivity contribution in [2.24, 2.45) is 10.7 Å². The first-order chi connectivity index (χ1) is 15.4. The first-order valence-corrected chi connectivity index (χ1v) is 11.5. The molecule has 0 spiro atoms. The molecule has 1 aromatic carbocycles. The van der Waals surface area contributed by atoms with Gasteiger partial charge in [-0.1, -0.05) is 55.7 Å². The van der Waals surface area contributed by atoms with Crippen LogP contribution in [0.25, 0.3) is 0 Å². The van der Waals surface area contributed by atoms with Crippen molar-refractivity contribution in [3.63, 3.8) is 0 Å². The summed E-state index contributed by atoms with van der Waals surface area (Å²) in [5, 5.41) is 3.50. The van der Waals surface area contributed by atoms with Gasteiger partial charge in [0.1, 0.15) is 11.6 Å². The SMILES string of the molecule is C\C=C(/C=N\C(=C\CCC)NC(=O)CN)C1=CC=C(Cc2c(Cl)cc(OC)cc2CC)C1. The van der Waals surface area contributed by atoms with E-state index in [1.165, 1.54) is 16.7 Å². The second-order valence-electron chi connectivity index (χ2n) is 7.60. The van der Waals surface area contributed by atoms with Gasteiger partial charge < -0.3 is 15.8 Å². The first kappa shape index (κ1) is 25.6. The van der Waals surface area contributed by atoms with Gasteiger partial charge in [0.05, 0.1) is 13.7 Å². The average molecular weight is 456 g/mol. The van der Waals surface area contributed by atoms with Gasteiger partial charge in [-0.15, -0.1) is 0 Å². The maximum Gasteiger partial charge on any atom is 0.239 e. The van der Waals surface area contributed by atoms with Crippen LogP contribution in [0.5, 0.6) is 5.75 Å². The number of nitrogens with zero attached hydrogens (tertiary/aromatic N) is 1. The van der Waals surface area contributed by atoms with Gasteiger partial charge in [0.25, 0.3) is 0 Å². The van der Waals surface area contributed by atoms with Gasteiger partial charge in [-0.05, 0) is 73.1 Å². The number of benzene rings is 1. The highest BCUT2D eigenvalue weighted by Crippen LogP contribution is 2.33. The van der Waals surface area contributed by atoms with Gasteiger partial charge in [-0.3, -0.25) is 4.79 Å². The molecule has 1 aromatic rings. The Labute approximate surface area is 196 Å². The second-order valence-corrected chi connectivity index (χ2v) is 8.01. The van der Waals surface area contributed by atoms with Crippen molar-refractivity contribution < 1.29 is 9.53 Å². The van der Waals surface area contributed by atoms with Gasteiger partial charge in [0.2, 0.25) is 5.91 Å². The Hall–Kier alpha value is -2.63. The third-order valence-corrected chi connectivity index (χ3v) is 5.66. The number of amides is 1. The molecule has 0 heterocycles. The van der Waals surface area contributed by atoms with E-state index in [0.717, 1.165) is 54.0 Å². The monoisotopic (exact) mass is 455 g/mol. The van der Waals surface area contributed by atoms with E-state index >= 15 is 0 Å². The smallest absolute Gasteiger partial charge is 0.239 e. The molecule has 0 radical (unpaired) electrons. The summed E-state index contributed by atoms with van der Waals surface area (Å²) in [6.07, 6.45) is 14.4.